The number of rotatable bonds is 4. The van der Waals surface area contributed by atoms with E-state index in [-0.39, 0.29) is 5.91 Å². The molecule has 3 heteroatoms. The van der Waals surface area contributed by atoms with Gasteiger partial charge in [-0.3, -0.25) is 4.79 Å². The van der Waals surface area contributed by atoms with E-state index < -0.39 is 0 Å². The van der Waals surface area contributed by atoms with Crippen molar-refractivity contribution < 1.29 is 4.79 Å². The molecule has 20 heavy (non-hydrogen) atoms. The summed E-state index contributed by atoms with van der Waals surface area (Å²) < 4.78 is 0. The average Bonchev–Trinajstić information content (AvgIpc) is 2.46. The Balaban J connectivity index is 1.96. The van der Waals surface area contributed by atoms with Crippen molar-refractivity contribution in [3.8, 4) is 0 Å². The van der Waals surface area contributed by atoms with Crippen LogP contribution in [0.5, 0.6) is 0 Å². The van der Waals surface area contributed by atoms with Crippen LogP contribution in [0.4, 0.5) is 0 Å². The summed E-state index contributed by atoms with van der Waals surface area (Å²) in [4.78, 5) is 11.9. The Kier molecular flexibility index (Phi) is 4.66. The molecule has 3 nitrogen and oxygen atoms in total. The maximum atomic E-state index is 11.9. The molecule has 0 unspecified atom stereocenters. The molecular formula is C17H18N2O. The molecule has 0 saturated carbocycles. The van der Waals surface area contributed by atoms with E-state index in [0.29, 0.717) is 5.56 Å². The normalized spacial score (nSPS) is 11.2. The van der Waals surface area contributed by atoms with Gasteiger partial charge < -0.3 is 0 Å². The molecule has 2 aromatic rings. The number of nitrogens with zero attached hydrogens (tertiary/aromatic N) is 1. The highest BCUT2D eigenvalue weighted by Gasteiger charge is 2.04. The third-order valence-electron chi connectivity index (χ3n) is 2.93. The topological polar surface area (TPSA) is 41.5 Å². The molecule has 0 radical (unpaired) electrons. The fraction of sp³-hybridized carbons (Fsp3) is 0.176. The number of hydrazone groups is 1. The summed E-state index contributed by atoms with van der Waals surface area (Å²) in [6, 6.07) is 17.5. The van der Waals surface area contributed by atoms with Crippen LogP contribution in [0.2, 0.25) is 0 Å². The van der Waals surface area contributed by atoms with Crippen LogP contribution in [0.25, 0.3) is 0 Å². The summed E-state index contributed by atoms with van der Waals surface area (Å²) in [6.45, 7) is 3.87. The van der Waals surface area contributed by atoms with Crippen LogP contribution in [-0.2, 0) is 6.42 Å². The predicted octanol–water partition coefficient (Wildman–Crippen LogP) is 3.34. The second kappa shape index (κ2) is 6.66. The van der Waals surface area contributed by atoms with E-state index in [4.69, 9.17) is 0 Å². The number of carbonyl (C=O) groups excluding carboxylic acids is 1. The standard InChI is InChI=1S/C17H18N2O/c1-13-7-6-10-16(11-13)17(20)19-18-14(2)12-15-8-4-3-5-9-15/h3-11H,12H2,1-2H3,(H,19,20)/b18-14+. The lowest BCUT2D eigenvalue weighted by Crippen LogP contribution is -2.19. The van der Waals surface area contributed by atoms with Crippen molar-refractivity contribution in [1.29, 1.82) is 0 Å². The van der Waals surface area contributed by atoms with Gasteiger partial charge in [0.25, 0.3) is 5.91 Å². The molecule has 0 spiro atoms. The highest BCUT2D eigenvalue weighted by molar-refractivity contribution is 5.95. The number of benzene rings is 2. The molecule has 1 N–H and O–H groups in total. The summed E-state index contributed by atoms with van der Waals surface area (Å²) in [7, 11) is 0. The number of nitrogens with one attached hydrogen (secondary N) is 1. The number of hydrogen-bond acceptors (Lipinski definition) is 2. The molecule has 2 rings (SSSR count). The maximum absolute atomic E-state index is 11.9. The molecule has 0 aliphatic heterocycles. The Bertz CT molecular complexity index is 618. The minimum atomic E-state index is -0.180. The Morgan fingerprint density at radius 3 is 2.55 bits per heavy atom. The van der Waals surface area contributed by atoms with Gasteiger partial charge in [0.05, 0.1) is 0 Å². The van der Waals surface area contributed by atoms with Crippen LogP contribution in [0.1, 0.15) is 28.4 Å². The van der Waals surface area contributed by atoms with Crippen LogP contribution >= 0.6 is 0 Å². The lowest BCUT2D eigenvalue weighted by Gasteiger charge is -2.04. The Morgan fingerprint density at radius 1 is 1.10 bits per heavy atom. The van der Waals surface area contributed by atoms with E-state index in [1.54, 1.807) is 6.07 Å². The molecule has 1 amide bonds. The Hall–Kier alpha value is -2.42. The summed E-state index contributed by atoms with van der Waals surface area (Å²) in [5.41, 5.74) is 6.33. The van der Waals surface area contributed by atoms with Crippen LogP contribution in [-0.4, -0.2) is 11.6 Å². The predicted molar refractivity (Wildman–Crippen MR) is 81.9 cm³/mol. The third kappa shape index (κ3) is 4.05. The van der Waals surface area contributed by atoms with Crippen molar-refractivity contribution in [3.63, 3.8) is 0 Å². The molecule has 0 bridgehead atoms. The molecule has 0 heterocycles. The smallest absolute Gasteiger partial charge is 0.267 e. The van der Waals surface area contributed by atoms with Crippen LogP contribution in [0.3, 0.4) is 0 Å². The van der Waals surface area contributed by atoms with Gasteiger partial charge in [0.2, 0.25) is 0 Å². The Morgan fingerprint density at radius 2 is 1.85 bits per heavy atom. The van der Waals surface area contributed by atoms with Crippen LogP contribution in [0, 0.1) is 6.92 Å². The first-order valence-corrected chi connectivity index (χ1v) is 6.59. The summed E-state index contributed by atoms with van der Waals surface area (Å²) >= 11 is 0. The van der Waals surface area contributed by atoms with Crippen LogP contribution < -0.4 is 5.43 Å². The van der Waals surface area contributed by atoms with Gasteiger partial charge in [-0.15, -0.1) is 0 Å². The van der Waals surface area contributed by atoms with E-state index in [1.807, 2.05) is 62.4 Å². The largest absolute Gasteiger partial charge is 0.271 e. The lowest BCUT2D eigenvalue weighted by molar-refractivity contribution is 0.0954. The zero-order valence-electron chi connectivity index (χ0n) is 11.8. The molecule has 0 atom stereocenters. The van der Waals surface area contributed by atoms with Crippen molar-refractivity contribution in [2.45, 2.75) is 20.3 Å². The zero-order chi connectivity index (χ0) is 14.4. The van der Waals surface area contributed by atoms with Gasteiger partial charge >= 0.3 is 0 Å². The van der Waals surface area contributed by atoms with Crippen molar-refractivity contribution in [2.75, 3.05) is 0 Å². The highest BCUT2D eigenvalue weighted by Crippen LogP contribution is 2.04. The van der Waals surface area contributed by atoms with Gasteiger partial charge in [0.1, 0.15) is 0 Å². The SMILES string of the molecule is C/C(Cc1ccccc1)=N\NC(=O)c1cccc(C)c1. The average molecular weight is 266 g/mol. The quantitative estimate of drug-likeness (QED) is 0.669. The Labute approximate surface area is 119 Å². The first-order valence-electron chi connectivity index (χ1n) is 6.59. The fourth-order valence-electron chi connectivity index (χ4n) is 1.93. The first kappa shape index (κ1) is 14.0. The number of amides is 1. The molecule has 0 fully saturated rings. The van der Waals surface area contributed by atoms with E-state index in [9.17, 15) is 4.79 Å². The fourth-order valence-corrected chi connectivity index (χ4v) is 1.93. The first-order chi connectivity index (χ1) is 9.65. The summed E-state index contributed by atoms with van der Waals surface area (Å²) in [5, 5.41) is 4.14. The number of carbonyl (C=O) groups is 1. The second-order valence-corrected chi connectivity index (χ2v) is 4.82. The number of aryl methyl sites for hydroxylation is 1. The molecule has 2 aromatic carbocycles. The van der Waals surface area contributed by atoms with Crippen molar-refractivity contribution in [1.82, 2.24) is 5.43 Å². The number of hydrogen-bond donors (Lipinski definition) is 1. The van der Waals surface area contributed by atoms with Gasteiger partial charge in [-0.25, -0.2) is 5.43 Å². The summed E-state index contributed by atoms with van der Waals surface area (Å²) in [6.07, 6.45) is 0.731. The van der Waals surface area contributed by atoms with E-state index >= 15 is 0 Å². The van der Waals surface area contributed by atoms with Gasteiger partial charge in [0, 0.05) is 17.7 Å². The van der Waals surface area contributed by atoms with Crippen molar-refractivity contribution in [3.05, 3.63) is 71.3 Å². The third-order valence-corrected chi connectivity index (χ3v) is 2.93. The van der Waals surface area contributed by atoms with Crippen molar-refractivity contribution >= 4 is 11.6 Å². The molecule has 0 aliphatic carbocycles. The zero-order valence-corrected chi connectivity index (χ0v) is 11.8. The molecule has 0 aliphatic rings. The maximum Gasteiger partial charge on any atom is 0.271 e. The minimum absolute atomic E-state index is 0.180. The molecule has 102 valence electrons. The van der Waals surface area contributed by atoms with Gasteiger partial charge in [0.15, 0.2) is 0 Å². The molecular weight excluding hydrogens is 248 g/mol. The second-order valence-electron chi connectivity index (χ2n) is 4.82. The van der Waals surface area contributed by atoms with E-state index in [1.165, 1.54) is 5.56 Å². The van der Waals surface area contributed by atoms with Crippen molar-refractivity contribution in [2.24, 2.45) is 5.10 Å². The monoisotopic (exact) mass is 266 g/mol. The van der Waals surface area contributed by atoms with Gasteiger partial charge in [-0.05, 0) is 31.5 Å². The minimum Gasteiger partial charge on any atom is -0.267 e. The van der Waals surface area contributed by atoms with Gasteiger partial charge in [-0.1, -0.05) is 48.0 Å². The molecule has 0 aromatic heterocycles. The molecule has 0 saturated heterocycles. The highest BCUT2D eigenvalue weighted by atomic mass is 16.2. The van der Waals surface area contributed by atoms with Crippen LogP contribution in [0.15, 0.2) is 59.7 Å². The summed E-state index contributed by atoms with van der Waals surface area (Å²) in [5.74, 6) is -0.180. The van der Waals surface area contributed by atoms with E-state index in [0.717, 1.165) is 17.7 Å². The lowest BCUT2D eigenvalue weighted by atomic mass is 10.1. The van der Waals surface area contributed by atoms with E-state index in [2.05, 4.69) is 10.5 Å². The van der Waals surface area contributed by atoms with Gasteiger partial charge in [-0.2, -0.15) is 5.10 Å².